The van der Waals surface area contributed by atoms with E-state index in [2.05, 4.69) is 5.16 Å². The highest BCUT2D eigenvalue weighted by atomic mass is 32.2. The second kappa shape index (κ2) is 4.93. The van der Waals surface area contributed by atoms with Crippen molar-refractivity contribution in [1.29, 1.82) is 0 Å². The third kappa shape index (κ3) is 3.45. The van der Waals surface area contributed by atoms with Gasteiger partial charge in [0.1, 0.15) is 5.92 Å². The van der Waals surface area contributed by atoms with E-state index in [-0.39, 0.29) is 11.0 Å². The number of nitrogens with two attached hydrogens (primary N) is 1. The molecular weight excluding hydrogens is 233 g/mol. The number of hydrogen-bond acceptors (Lipinski definition) is 4. The van der Waals surface area contributed by atoms with Gasteiger partial charge in [0.05, 0.1) is 18.5 Å². The van der Waals surface area contributed by atoms with Gasteiger partial charge in [-0.1, -0.05) is 5.16 Å². The van der Waals surface area contributed by atoms with E-state index >= 15 is 0 Å². The van der Waals surface area contributed by atoms with E-state index in [4.69, 9.17) is 15.7 Å². The van der Waals surface area contributed by atoms with Gasteiger partial charge in [0.15, 0.2) is 5.84 Å². The summed E-state index contributed by atoms with van der Waals surface area (Å²) >= 11 is 1.12. The number of nitrogens with zero attached hydrogens (tertiary/aromatic N) is 1. The highest BCUT2D eigenvalue weighted by Gasteiger charge is 2.43. The molecule has 0 radical (unpaired) electrons. The van der Waals surface area contributed by atoms with Crippen molar-refractivity contribution < 1.29 is 23.1 Å². The summed E-state index contributed by atoms with van der Waals surface area (Å²) < 4.78 is 42.1. The summed E-state index contributed by atoms with van der Waals surface area (Å²) in [4.78, 5) is 0. The molecule has 15 heavy (non-hydrogen) atoms. The molecule has 0 bridgehead atoms. The molecule has 1 rings (SSSR count). The topological polar surface area (TPSA) is 67.8 Å². The molecule has 1 atom stereocenters. The van der Waals surface area contributed by atoms with Crippen LogP contribution in [0.15, 0.2) is 5.16 Å². The number of amidine groups is 1. The number of alkyl halides is 3. The van der Waals surface area contributed by atoms with E-state index in [1.54, 1.807) is 0 Å². The van der Waals surface area contributed by atoms with Crippen molar-refractivity contribution in [3.8, 4) is 0 Å². The van der Waals surface area contributed by atoms with Crippen LogP contribution in [-0.4, -0.2) is 41.4 Å². The number of halogens is 3. The van der Waals surface area contributed by atoms with Crippen molar-refractivity contribution in [2.75, 3.05) is 19.0 Å². The first kappa shape index (κ1) is 12.4. The van der Waals surface area contributed by atoms with Gasteiger partial charge in [0.2, 0.25) is 0 Å². The Balaban J connectivity index is 2.48. The minimum absolute atomic E-state index is 0.0846. The molecule has 0 aromatic rings. The van der Waals surface area contributed by atoms with E-state index < -0.39 is 17.9 Å². The average molecular weight is 244 g/mol. The molecule has 8 heteroatoms. The van der Waals surface area contributed by atoms with Crippen LogP contribution in [0.25, 0.3) is 0 Å². The molecule has 0 aromatic heterocycles. The first-order chi connectivity index (χ1) is 6.95. The van der Waals surface area contributed by atoms with Gasteiger partial charge >= 0.3 is 6.18 Å². The molecule has 0 saturated carbocycles. The zero-order chi connectivity index (χ0) is 11.5. The van der Waals surface area contributed by atoms with Crippen LogP contribution in [0.1, 0.15) is 0 Å². The molecule has 1 fully saturated rings. The molecule has 0 spiro atoms. The van der Waals surface area contributed by atoms with Gasteiger partial charge in [-0.3, -0.25) is 0 Å². The Morgan fingerprint density at radius 3 is 2.53 bits per heavy atom. The Morgan fingerprint density at radius 2 is 2.20 bits per heavy atom. The molecule has 0 aromatic carbocycles. The van der Waals surface area contributed by atoms with E-state index in [0.717, 1.165) is 11.8 Å². The highest BCUT2D eigenvalue weighted by molar-refractivity contribution is 8.00. The minimum atomic E-state index is -4.48. The third-order valence-electron chi connectivity index (χ3n) is 1.97. The van der Waals surface area contributed by atoms with Gasteiger partial charge in [-0.05, 0) is 0 Å². The molecule has 1 aliphatic heterocycles. The lowest BCUT2D eigenvalue weighted by Gasteiger charge is -2.27. The lowest BCUT2D eigenvalue weighted by atomic mass is 10.1. The second-order valence-corrected chi connectivity index (χ2v) is 4.45. The average Bonchev–Trinajstić information content (AvgIpc) is 2.06. The number of oxime groups is 1. The van der Waals surface area contributed by atoms with Gasteiger partial charge in [-0.2, -0.15) is 24.9 Å². The van der Waals surface area contributed by atoms with Crippen LogP contribution in [-0.2, 0) is 4.74 Å². The summed E-state index contributed by atoms with van der Waals surface area (Å²) in [5.74, 6) is -2.93. The second-order valence-electron chi connectivity index (χ2n) is 3.11. The first-order valence-electron chi connectivity index (χ1n) is 4.18. The minimum Gasteiger partial charge on any atom is -0.409 e. The molecule has 1 unspecified atom stereocenters. The van der Waals surface area contributed by atoms with Crippen molar-refractivity contribution >= 4 is 17.6 Å². The fourth-order valence-electron chi connectivity index (χ4n) is 0.960. The monoisotopic (exact) mass is 244 g/mol. The van der Waals surface area contributed by atoms with Crippen LogP contribution in [0.3, 0.4) is 0 Å². The Bertz CT molecular complexity index is 243. The summed E-state index contributed by atoms with van der Waals surface area (Å²) in [5.41, 5.74) is 4.98. The SMILES string of the molecule is NC(=NO)C(CSC1COC1)C(F)(F)F. The van der Waals surface area contributed by atoms with Crippen molar-refractivity contribution in [1.82, 2.24) is 0 Å². The molecule has 1 saturated heterocycles. The lowest BCUT2D eigenvalue weighted by molar-refractivity contribution is -0.150. The molecule has 1 heterocycles. The summed E-state index contributed by atoms with van der Waals surface area (Å²) in [6, 6.07) is 0. The van der Waals surface area contributed by atoms with Gasteiger partial charge in [-0.25, -0.2) is 0 Å². The number of ether oxygens (including phenoxy) is 1. The Hall–Kier alpha value is -0.630. The Kier molecular flexibility index (Phi) is 4.09. The maximum Gasteiger partial charge on any atom is 0.399 e. The maximum atomic E-state index is 12.4. The summed E-state index contributed by atoms with van der Waals surface area (Å²) in [5, 5.41) is 10.7. The quantitative estimate of drug-likeness (QED) is 0.335. The highest BCUT2D eigenvalue weighted by Crippen LogP contribution is 2.31. The van der Waals surface area contributed by atoms with Crippen molar-refractivity contribution in [2.45, 2.75) is 11.4 Å². The molecular formula is C7H11F3N2O2S. The van der Waals surface area contributed by atoms with Crippen LogP contribution in [0.2, 0.25) is 0 Å². The van der Waals surface area contributed by atoms with Gasteiger partial charge in [0, 0.05) is 5.75 Å². The first-order valence-corrected chi connectivity index (χ1v) is 5.23. The molecule has 1 aliphatic rings. The smallest absolute Gasteiger partial charge is 0.399 e. The number of rotatable bonds is 4. The predicted molar refractivity (Wildman–Crippen MR) is 50.0 cm³/mol. The zero-order valence-corrected chi connectivity index (χ0v) is 8.51. The standard InChI is InChI=1S/C7H11F3N2O2S/c8-7(9,10)5(6(11)12-13)3-15-4-1-14-2-4/h4-5,13H,1-3H2,(H2,11,12). The Labute approximate surface area is 88.6 Å². The van der Waals surface area contributed by atoms with Crippen molar-refractivity contribution in [2.24, 2.45) is 16.8 Å². The fourth-order valence-corrected chi connectivity index (χ4v) is 2.17. The maximum absolute atomic E-state index is 12.4. The van der Waals surface area contributed by atoms with Crippen LogP contribution in [0, 0.1) is 5.92 Å². The largest absolute Gasteiger partial charge is 0.409 e. The van der Waals surface area contributed by atoms with E-state index in [1.165, 1.54) is 0 Å². The predicted octanol–water partition coefficient (Wildman–Crippen LogP) is 1.04. The van der Waals surface area contributed by atoms with E-state index in [0.29, 0.717) is 13.2 Å². The summed E-state index contributed by atoms with van der Waals surface area (Å²) in [6.07, 6.45) is -4.48. The number of hydrogen-bond donors (Lipinski definition) is 2. The van der Waals surface area contributed by atoms with Gasteiger partial charge in [-0.15, -0.1) is 0 Å². The normalized spacial score (nSPS) is 21.1. The molecule has 0 aliphatic carbocycles. The number of thioether (sulfide) groups is 1. The van der Waals surface area contributed by atoms with Crippen LogP contribution in [0.4, 0.5) is 13.2 Å². The summed E-state index contributed by atoms with van der Waals surface area (Å²) in [6.45, 7) is 0.927. The van der Waals surface area contributed by atoms with E-state index in [1.807, 2.05) is 0 Å². The van der Waals surface area contributed by atoms with Gasteiger partial charge in [0.25, 0.3) is 0 Å². The van der Waals surface area contributed by atoms with Crippen molar-refractivity contribution in [3.63, 3.8) is 0 Å². The molecule has 4 nitrogen and oxygen atoms in total. The van der Waals surface area contributed by atoms with E-state index in [9.17, 15) is 13.2 Å². The molecule has 0 amide bonds. The Morgan fingerprint density at radius 1 is 1.60 bits per heavy atom. The summed E-state index contributed by atoms with van der Waals surface area (Å²) in [7, 11) is 0. The molecule has 3 N–H and O–H groups in total. The fraction of sp³-hybridized carbons (Fsp3) is 0.857. The molecule has 88 valence electrons. The van der Waals surface area contributed by atoms with Crippen molar-refractivity contribution in [3.05, 3.63) is 0 Å². The van der Waals surface area contributed by atoms with Crippen LogP contribution < -0.4 is 5.73 Å². The lowest BCUT2D eigenvalue weighted by Crippen LogP contribution is -2.39. The van der Waals surface area contributed by atoms with Crippen LogP contribution >= 0.6 is 11.8 Å². The third-order valence-corrected chi connectivity index (χ3v) is 3.24. The zero-order valence-electron chi connectivity index (χ0n) is 7.70. The van der Waals surface area contributed by atoms with Crippen LogP contribution in [0.5, 0.6) is 0 Å². The van der Waals surface area contributed by atoms with Gasteiger partial charge < -0.3 is 15.7 Å².